The van der Waals surface area contributed by atoms with E-state index in [4.69, 9.17) is 0 Å². The number of nitrogens with one attached hydrogen (secondary N) is 1. The highest BCUT2D eigenvalue weighted by Crippen LogP contribution is 2.35. The van der Waals surface area contributed by atoms with E-state index in [1.807, 2.05) is 11.3 Å². The molecule has 0 amide bonds. The van der Waals surface area contributed by atoms with Gasteiger partial charge in [0.25, 0.3) is 0 Å². The lowest BCUT2D eigenvalue weighted by Crippen LogP contribution is -2.31. The second-order valence-electron chi connectivity index (χ2n) is 6.06. The van der Waals surface area contributed by atoms with Gasteiger partial charge in [0.1, 0.15) is 0 Å². The number of likely N-dealkylation sites (tertiary alicyclic amines) is 1. The zero-order chi connectivity index (χ0) is 13.7. The zero-order valence-corrected chi connectivity index (χ0v) is 13.4. The van der Waals surface area contributed by atoms with Crippen molar-refractivity contribution in [3.8, 4) is 0 Å². The van der Waals surface area contributed by atoms with Crippen LogP contribution in [-0.2, 0) is 0 Å². The average Bonchev–Trinajstić information content (AvgIpc) is 3.02. The fourth-order valence-electron chi connectivity index (χ4n) is 3.15. The van der Waals surface area contributed by atoms with E-state index in [0.717, 1.165) is 12.5 Å². The van der Waals surface area contributed by atoms with Gasteiger partial charge in [0, 0.05) is 17.5 Å². The van der Waals surface area contributed by atoms with Crippen molar-refractivity contribution < 1.29 is 0 Å². The first-order chi connectivity index (χ1) is 9.22. The standard InChI is InChI=1S/C16H28N2S/c1-4-8-17-11-14-7-9-18(12-14)16(13(2)3)15-6-5-10-19-15/h5-6,10,13-14,16-17H,4,7-9,11-12H2,1-3H3. The topological polar surface area (TPSA) is 15.3 Å². The number of rotatable bonds is 7. The van der Waals surface area contributed by atoms with E-state index in [-0.39, 0.29) is 0 Å². The minimum Gasteiger partial charge on any atom is -0.316 e. The first-order valence-electron chi connectivity index (χ1n) is 7.70. The molecule has 0 aliphatic carbocycles. The molecule has 0 saturated carbocycles. The minimum atomic E-state index is 0.621. The molecule has 0 bridgehead atoms. The van der Waals surface area contributed by atoms with Crippen LogP contribution in [0.3, 0.4) is 0 Å². The van der Waals surface area contributed by atoms with Crippen LogP contribution in [0.25, 0.3) is 0 Å². The van der Waals surface area contributed by atoms with Crippen molar-refractivity contribution in [1.82, 2.24) is 10.2 Å². The van der Waals surface area contributed by atoms with Gasteiger partial charge in [-0.25, -0.2) is 0 Å². The van der Waals surface area contributed by atoms with Gasteiger partial charge in [-0.05, 0) is 55.8 Å². The van der Waals surface area contributed by atoms with Crippen molar-refractivity contribution in [3.63, 3.8) is 0 Å². The highest BCUT2D eigenvalue weighted by Gasteiger charge is 2.31. The summed E-state index contributed by atoms with van der Waals surface area (Å²) in [5.41, 5.74) is 0. The third-order valence-corrected chi connectivity index (χ3v) is 4.98. The predicted molar refractivity (Wildman–Crippen MR) is 84.7 cm³/mol. The summed E-state index contributed by atoms with van der Waals surface area (Å²) in [6.45, 7) is 11.8. The van der Waals surface area contributed by atoms with Crippen LogP contribution < -0.4 is 5.32 Å². The first-order valence-corrected chi connectivity index (χ1v) is 8.58. The molecule has 108 valence electrons. The Morgan fingerprint density at radius 1 is 1.47 bits per heavy atom. The maximum atomic E-state index is 3.58. The maximum absolute atomic E-state index is 3.58. The van der Waals surface area contributed by atoms with Gasteiger partial charge < -0.3 is 5.32 Å². The Balaban J connectivity index is 1.90. The van der Waals surface area contributed by atoms with E-state index >= 15 is 0 Å². The van der Waals surface area contributed by atoms with Gasteiger partial charge in [-0.3, -0.25) is 4.90 Å². The number of thiophene rings is 1. The fourth-order valence-corrected chi connectivity index (χ4v) is 4.19. The van der Waals surface area contributed by atoms with Gasteiger partial charge in [0.05, 0.1) is 0 Å². The predicted octanol–water partition coefficient (Wildman–Crippen LogP) is 3.77. The Bertz CT molecular complexity index is 348. The molecule has 1 aromatic heterocycles. The molecule has 2 nitrogen and oxygen atoms in total. The van der Waals surface area contributed by atoms with Crippen molar-refractivity contribution >= 4 is 11.3 Å². The molecule has 2 unspecified atom stereocenters. The summed E-state index contributed by atoms with van der Waals surface area (Å²) in [5.74, 6) is 1.54. The molecule has 1 fully saturated rings. The Morgan fingerprint density at radius 3 is 2.95 bits per heavy atom. The molecule has 0 radical (unpaired) electrons. The zero-order valence-electron chi connectivity index (χ0n) is 12.6. The van der Waals surface area contributed by atoms with Crippen LogP contribution in [0.5, 0.6) is 0 Å². The van der Waals surface area contributed by atoms with Gasteiger partial charge in [0.15, 0.2) is 0 Å². The summed E-state index contributed by atoms with van der Waals surface area (Å²) >= 11 is 1.91. The minimum absolute atomic E-state index is 0.621. The maximum Gasteiger partial charge on any atom is 0.0464 e. The molecule has 1 saturated heterocycles. The monoisotopic (exact) mass is 280 g/mol. The van der Waals surface area contributed by atoms with Crippen molar-refractivity contribution in [1.29, 1.82) is 0 Å². The lowest BCUT2D eigenvalue weighted by Gasteiger charge is -2.30. The average molecular weight is 280 g/mol. The van der Waals surface area contributed by atoms with E-state index < -0.39 is 0 Å². The quantitative estimate of drug-likeness (QED) is 0.765. The summed E-state index contributed by atoms with van der Waals surface area (Å²) in [5, 5.41) is 5.79. The molecule has 1 N–H and O–H groups in total. The van der Waals surface area contributed by atoms with Crippen LogP contribution in [0.15, 0.2) is 17.5 Å². The van der Waals surface area contributed by atoms with Crippen LogP contribution in [-0.4, -0.2) is 31.1 Å². The van der Waals surface area contributed by atoms with Crippen LogP contribution in [0.2, 0.25) is 0 Å². The van der Waals surface area contributed by atoms with E-state index in [2.05, 4.69) is 48.5 Å². The van der Waals surface area contributed by atoms with Gasteiger partial charge in [-0.1, -0.05) is 26.8 Å². The summed E-state index contributed by atoms with van der Waals surface area (Å²) in [6.07, 6.45) is 2.59. The second kappa shape index (κ2) is 7.41. The first kappa shape index (κ1) is 15.0. The van der Waals surface area contributed by atoms with E-state index in [9.17, 15) is 0 Å². The summed E-state index contributed by atoms with van der Waals surface area (Å²) in [4.78, 5) is 4.24. The number of hydrogen-bond acceptors (Lipinski definition) is 3. The Labute approximate surface area is 122 Å². The molecule has 1 aromatic rings. The summed E-state index contributed by atoms with van der Waals surface area (Å²) in [7, 11) is 0. The van der Waals surface area contributed by atoms with Gasteiger partial charge in [0.2, 0.25) is 0 Å². The molecule has 0 aromatic carbocycles. The Kier molecular flexibility index (Phi) is 5.86. The van der Waals surface area contributed by atoms with Crippen molar-refractivity contribution in [2.45, 2.75) is 39.7 Å². The number of nitrogens with zero attached hydrogens (tertiary/aromatic N) is 1. The summed E-state index contributed by atoms with van der Waals surface area (Å²) in [6, 6.07) is 5.11. The second-order valence-corrected chi connectivity index (χ2v) is 7.04. The molecule has 0 spiro atoms. The molecule has 1 aliphatic heterocycles. The highest BCUT2D eigenvalue weighted by atomic mass is 32.1. The molecule has 3 heteroatoms. The molecule has 1 aliphatic rings. The smallest absolute Gasteiger partial charge is 0.0464 e. The van der Waals surface area contributed by atoms with E-state index in [1.54, 1.807) is 0 Å². The van der Waals surface area contributed by atoms with E-state index in [0.29, 0.717) is 12.0 Å². The molecular weight excluding hydrogens is 252 g/mol. The fraction of sp³-hybridized carbons (Fsp3) is 0.750. The molecule has 2 heterocycles. The van der Waals surface area contributed by atoms with Gasteiger partial charge in [-0.15, -0.1) is 11.3 Å². The molecular formula is C16H28N2S. The van der Waals surface area contributed by atoms with Crippen molar-refractivity contribution in [3.05, 3.63) is 22.4 Å². The van der Waals surface area contributed by atoms with Crippen LogP contribution in [0.1, 0.15) is 44.5 Å². The number of hydrogen-bond donors (Lipinski definition) is 1. The van der Waals surface area contributed by atoms with Gasteiger partial charge in [-0.2, -0.15) is 0 Å². The SMILES string of the molecule is CCCNCC1CCN(C(c2cccs2)C(C)C)C1. The Hall–Kier alpha value is -0.380. The van der Waals surface area contributed by atoms with Gasteiger partial charge >= 0.3 is 0 Å². The molecule has 2 rings (SSSR count). The third-order valence-electron chi connectivity index (χ3n) is 4.04. The van der Waals surface area contributed by atoms with Crippen molar-refractivity contribution in [2.75, 3.05) is 26.2 Å². The third kappa shape index (κ3) is 4.04. The van der Waals surface area contributed by atoms with Crippen molar-refractivity contribution in [2.24, 2.45) is 11.8 Å². The van der Waals surface area contributed by atoms with Crippen LogP contribution >= 0.6 is 11.3 Å². The normalized spacial score (nSPS) is 22.2. The lowest BCUT2D eigenvalue weighted by atomic mass is 10.0. The van der Waals surface area contributed by atoms with Crippen LogP contribution in [0.4, 0.5) is 0 Å². The highest BCUT2D eigenvalue weighted by molar-refractivity contribution is 7.10. The lowest BCUT2D eigenvalue weighted by molar-refractivity contribution is 0.189. The molecule has 19 heavy (non-hydrogen) atoms. The van der Waals surface area contributed by atoms with Crippen LogP contribution in [0, 0.1) is 11.8 Å². The largest absolute Gasteiger partial charge is 0.316 e. The summed E-state index contributed by atoms with van der Waals surface area (Å²) < 4.78 is 0. The molecule has 2 atom stereocenters. The van der Waals surface area contributed by atoms with E-state index in [1.165, 1.54) is 37.4 Å². The Morgan fingerprint density at radius 2 is 2.32 bits per heavy atom.